The molecule has 0 saturated carbocycles. The number of aromatic amines is 1. The quantitative estimate of drug-likeness (QED) is 0.272. The SMILES string of the molecule is CCc1[nH]c2nc(Sc3ccc4nc(C(=O)NCCN5CCCC5)nnc4c3)nc(N3CC[C@H](N)C3)c2c1Cl. The highest BCUT2D eigenvalue weighted by atomic mass is 35.5. The van der Waals surface area contributed by atoms with Gasteiger partial charge >= 0.3 is 0 Å². The van der Waals surface area contributed by atoms with Gasteiger partial charge in [-0.2, -0.15) is 0 Å². The highest BCUT2D eigenvalue weighted by Crippen LogP contribution is 2.37. The van der Waals surface area contributed by atoms with Crippen LogP contribution in [0.5, 0.6) is 0 Å². The Bertz CT molecular complexity index is 1520. The number of halogens is 1. The molecule has 2 aliphatic rings. The zero-order valence-corrected chi connectivity index (χ0v) is 23.4. The van der Waals surface area contributed by atoms with Gasteiger partial charge in [-0.3, -0.25) is 4.79 Å². The van der Waals surface area contributed by atoms with E-state index in [1.807, 2.05) is 18.2 Å². The molecule has 1 aromatic carbocycles. The Morgan fingerprint density at radius 3 is 2.79 bits per heavy atom. The number of rotatable bonds is 8. The summed E-state index contributed by atoms with van der Waals surface area (Å²) in [6.07, 6.45) is 4.12. The Hall–Kier alpha value is -3.06. The number of hydrogen-bond acceptors (Lipinski definition) is 10. The molecule has 4 N–H and O–H groups in total. The smallest absolute Gasteiger partial charge is 0.291 e. The molecule has 3 aromatic heterocycles. The van der Waals surface area contributed by atoms with Crippen LogP contribution in [0.4, 0.5) is 5.82 Å². The van der Waals surface area contributed by atoms with Gasteiger partial charge in [-0.15, -0.1) is 10.2 Å². The molecule has 0 bridgehead atoms. The fourth-order valence-electron chi connectivity index (χ4n) is 5.16. The average molecular weight is 567 g/mol. The van der Waals surface area contributed by atoms with Gasteiger partial charge < -0.3 is 25.8 Å². The van der Waals surface area contributed by atoms with Gasteiger partial charge in [0.1, 0.15) is 17.0 Å². The van der Waals surface area contributed by atoms with Crippen LogP contribution in [0, 0.1) is 0 Å². The molecule has 1 atom stereocenters. The van der Waals surface area contributed by atoms with Gasteiger partial charge in [0, 0.05) is 42.8 Å². The van der Waals surface area contributed by atoms with Crippen molar-refractivity contribution in [3.8, 4) is 0 Å². The minimum Gasteiger partial charge on any atom is -0.354 e. The van der Waals surface area contributed by atoms with E-state index in [1.165, 1.54) is 24.6 Å². The monoisotopic (exact) mass is 566 g/mol. The van der Waals surface area contributed by atoms with Crippen LogP contribution < -0.4 is 16.0 Å². The first-order chi connectivity index (χ1) is 19.0. The van der Waals surface area contributed by atoms with Gasteiger partial charge in [0.2, 0.25) is 5.82 Å². The number of nitrogens with one attached hydrogen (secondary N) is 2. The van der Waals surface area contributed by atoms with Crippen molar-refractivity contribution in [2.45, 2.75) is 48.7 Å². The Kier molecular flexibility index (Phi) is 7.52. The van der Waals surface area contributed by atoms with Crippen molar-refractivity contribution in [1.82, 2.24) is 40.3 Å². The van der Waals surface area contributed by atoms with Gasteiger partial charge in [-0.1, -0.05) is 18.5 Å². The summed E-state index contributed by atoms with van der Waals surface area (Å²) < 4.78 is 0. The zero-order valence-electron chi connectivity index (χ0n) is 21.8. The second-order valence-electron chi connectivity index (χ2n) is 10.0. The summed E-state index contributed by atoms with van der Waals surface area (Å²) in [6.45, 7) is 7.19. The van der Waals surface area contributed by atoms with E-state index < -0.39 is 0 Å². The molecule has 4 aromatic rings. The zero-order chi connectivity index (χ0) is 26.9. The summed E-state index contributed by atoms with van der Waals surface area (Å²) in [5.41, 5.74) is 9.05. The number of H-pyrrole nitrogens is 1. The molecule has 11 nitrogen and oxygen atoms in total. The molecule has 1 amide bonds. The standard InChI is InChI=1S/C26H31ClN10OS/c1-2-17-21(27)20-22(30-17)32-26(33-24(20)37-11-7-15(28)14-37)39-16-5-6-18-19(13-16)34-35-23(31-18)25(38)29-8-12-36-9-3-4-10-36/h5-6,13,15H,2-4,7-12,14,28H2,1H3,(H,29,38)(H,30,32,33)/t15-/m0/s1. The first kappa shape index (κ1) is 26.2. The topological polar surface area (TPSA) is 142 Å². The molecular weight excluding hydrogens is 536 g/mol. The largest absolute Gasteiger partial charge is 0.354 e. The maximum absolute atomic E-state index is 12.5. The summed E-state index contributed by atoms with van der Waals surface area (Å²) in [7, 11) is 0. The van der Waals surface area contributed by atoms with Gasteiger partial charge in [-0.25, -0.2) is 15.0 Å². The average Bonchev–Trinajstić information content (AvgIpc) is 3.69. The summed E-state index contributed by atoms with van der Waals surface area (Å²) >= 11 is 8.14. The number of benzene rings is 1. The Labute approximate surface area is 235 Å². The van der Waals surface area contributed by atoms with Crippen LogP contribution in [0.2, 0.25) is 5.02 Å². The van der Waals surface area contributed by atoms with E-state index in [4.69, 9.17) is 27.3 Å². The summed E-state index contributed by atoms with van der Waals surface area (Å²) in [4.78, 5) is 35.4. The number of carbonyl (C=O) groups excluding carboxylic acids is 1. The van der Waals surface area contributed by atoms with Crippen LogP contribution in [-0.2, 0) is 6.42 Å². The number of anilines is 1. The third kappa shape index (κ3) is 5.51. The number of aryl methyl sites for hydroxylation is 1. The molecule has 0 spiro atoms. The number of aromatic nitrogens is 6. The van der Waals surface area contributed by atoms with Crippen LogP contribution in [-0.4, -0.2) is 86.3 Å². The van der Waals surface area contributed by atoms with E-state index in [2.05, 4.69) is 42.2 Å². The first-order valence-electron chi connectivity index (χ1n) is 13.4. The Morgan fingerprint density at radius 1 is 1.18 bits per heavy atom. The molecule has 0 unspecified atom stereocenters. The van der Waals surface area contributed by atoms with E-state index in [9.17, 15) is 4.79 Å². The molecule has 0 aliphatic carbocycles. The molecule has 5 heterocycles. The van der Waals surface area contributed by atoms with Gasteiger partial charge in [0.05, 0.1) is 15.9 Å². The van der Waals surface area contributed by atoms with E-state index in [0.29, 0.717) is 33.4 Å². The van der Waals surface area contributed by atoms with Crippen molar-refractivity contribution < 1.29 is 4.79 Å². The lowest BCUT2D eigenvalue weighted by Crippen LogP contribution is -2.34. The van der Waals surface area contributed by atoms with Gasteiger partial charge in [-0.05, 0) is 68.7 Å². The van der Waals surface area contributed by atoms with E-state index in [0.717, 1.165) is 67.4 Å². The fourth-order valence-corrected chi connectivity index (χ4v) is 6.30. The predicted octanol–water partition coefficient (Wildman–Crippen LogP) is 3.03. The Balaban J connectivity index is 1.21. The molecule has 39 heavy (non-hydrogen) atoms. The highest BCUT2D eigenvalue weighted by molar-refractivity contribution is 7.99. The predicted molar refractivity (Wildman–Crippen MR) is 153 cm³/mol. The second-order valence-corrected chi connectivity index (χ2v) is 11.4. The minimum atomic E-state index is -0.311. The number of carbonyl (C=O) groups is 1. The molecular formula is C26H31ClN10OS. The number of likely N-dealkylation sites (tertiary alicyclic amines) is 1. The van der Waals surface area contributed by atoms with Crippen molar-refractivity contribution in [2.75, 3.05) is 44.2 Å². The van der Waals surface area contributed by atoms with E-state index >= 15 is 0 Å². The number of nitrogens with two attached hydrogens (primary N) is 1. The molecule has 2 fully saturated rings. The third-order valence-electron chi connectivity index (χ3n) is 7.25. The number of nitrogens with zero attached hydrogens (tertiary/aromatic N) is 7. The van der Waals surface area contributed by atoms with Crippen LogP contribution in [0.15, 0.2) is 28.3 Å². The fraction of sp³-hybridized carbons (Fsp3) is 0.462. The maximum Gasteiger partial charge on any atom is 0.291 e. The lowest BCUT2D eigenvalue weighted by Gasteiger charge is -2.18. The number of hydrogen-bond donors (Lipinski definition) is 3. The van der Waals surface area contributed by atoms with Crippen molar-refractivity contribution in [3.63, 3.8) is 0 Å². The van der Waals surface area contributed by atoms with Crippen molar-refractivity contribution >= 4 is 57.2 Å². The van der Waals surface area contributed by atoms with Gasteiger partial charge in [0.15, 0.2) is 5.16 Å². The normalized spacial score (nSPS) is 18.0. The highest BCUT2D eigenvalue weighted by Gasteiger charge is 2.26. The summed E-state index contributed by atoms with van der Waals surface area (Å²) in [5.74, 6) is 0.565. The molecule has 0 radical (unpaired) electrons. The van der Waals surface area contributed by atoms with E-state index in [1.54, 1.807) is 0 Å². The first-order valence-corrected chi connectivity index (χ1v) is 14.6. The number of fused-ring (bicyclic) bond motifs is 2. The van der Waals surface area contributed by atoms with Crippen LogP contribution >= 0.6 is 23.4 Å². The number of amides is 1. The summed E-state index contributed by atoms with van der Waals surface area (Å²) in [6, 6.07) is 5.76. The third-order valence-corrected chi connectivity index (χ3v) is 8.52. The minimum absolute atomic E-state index is 0.0712. The van der Waals surface area contributed by atoms with Crippen LogP contribution in [0.1, 0.15) is 42.5 Å². The molecule has 13 heteroatoms. The van der Waals surface area contributed by atoms with Crippen LogP contribution in [0.3, 0.4) is 0 Å². The van der Waals surface area contributed by atoms with Crippen LogP contribution in [0.25, 0.3) is 22.1 Å². The lowest BCUT2D eigenvalue weighted by atomic mass is 10.3. The van der Waals surface area contributed by atoms with Crippen molar-refractivity contribution in [1.29, 1.82) is 0 Å². The van der Waals surface area contributed by atoms with Gasteiger partial charge in [0.25, 0.3) is 5.91 Å². The molecule has 2 aliphatic heterocycles. The lowest BCUT2D eigenvalue weighted by molar-refractivity contribution is 0.0938. The van der Waals surface area contributed by atoms with E-state index in [-0.39, 0.29) is 17.8 Å². The van der Waals surface area contributed by atoms with Crippen molar-refractivity contribution in [2.24, 2.45) is 5.73 Å². The Morgan fingerprint density at radius 2 is 2.03 bits per heavy atom. The molecule has 204 valence electrons. The summed E-state index contributed by atoms with van der Waals surface area (Å²) in [5, 5.41) is 13.3. The maximum atomic E-state index is 12.5. The van der Waals surface area contributed by atoms with Crippen molar-refractivity contribution in [3.05, 3.63) is 34.7 Å². The molecule has 6 rings (SSSR count). The second kappa shape index (κ2) is 11.2. The molecule has 2 saturated heterocycles.